The van der Waals surface area contributed by atoms with Crippen molar-refractivity contribution in [1.29, 1.82) is 0 Å². The van der Waals surface area contributed by atoms with Crippen LogP contribution in [0.25, 0.3) is 0 Å². The number of carboxylic acids is 1. The molecule has 27 heavy (non-hydrogen) atoms. The molecule has 2 N–H and O–H groups in total. The number of aliphatic carboxylic acids is 1. The van der Waals surface area contributed by atoms with Crippen molar-refractivity contribution in [2.75, 3.05) is 13.2 Å². The highest BCUT2D eigenvalue weighted by molar-refractivity contribution is 5.80. The van der Waals surface area contributed by atoms with Crippen molar-refractivity contribution < 1.29 is 19.4 Å². The molecule has 5 heteroatoms. The Morgan fingerprint density at radius 2 is 1.70 bits per heavy atom. The molecule has 2 aromatic carbocycles. The fourth-order valence-corrected chi connectivity index (χ4v) is 3.01. The molecule has 0 bridgehead atoms. The predicted octanol–water partition coefficient (Wildman–Crippen LogP) is 3.30. The fourth-order valence-electron chi connectivity index (χ4n) is 3.01. The maximum Gasteiger partial charge on any atom is 0.308 e. The van der Waals surface area contributed by atoms with Gasteiger partial charge in [0.1, 0.15) is 5.75 Å². The lowest BCUT2D eigenvalue weighted by atomic mass is 9.98. The number of hydrogen-bond acceptors (Lipinski definition) is 3. The Morgan fingerprint density at radius 3 is 2.26 bits per heavy atom. The molecule has 2 aromatic rings. The number of carbonyl (C=O) groups excluding carboxylic acids is 1. The number of carbonyl (C=O) groups is 2. The lowest BCUT2D eigenvalue weighted by molar-refractivity contribution is -0.141. The Hall–Kier alpha value is -2.82. The highest BCUT2D eigenvalue weighted by atomic mass is 16.5. The summed E-state index contributed by atoms with van der Waals surface area (Å²) in [4.78, 5) is 23.9. The van der Waals surface area contributed by atoms with E-state index >= 15 is 0 Å². The van der Waals surface area contributed by atoms with Crippen LogP contribution >= 0.6 is 0 Å². The molecule has 0 heterocycles. The van der Waals surface area contributed by atoms with Gasteiger partial charge in [0.05, 0.1) is 18.9 Å². The average Bonchev–Trinajstić information content (AvgIpc) is 2.63. The molecule has 0 fully saturated rings. The average molecular weight is 369 g/mol. The van der Waals surface area contributed by atoms with Gasteiger partial charge in [0.25, 0.3) is 0 Å². The third-order valence-corrected chi connectivity index (χ3v) is 4.59. The van der Waals surface area contributed by atoms with E-state index in [0.29, 0.717) is 13.0 Å². The Labute approximate surface area is 160 Å². The van der Waals surface area contributed by atoms with Crippen molar-refractivity contribution >= 4 is 11.9 Å². The first-order valence-electron chi connectivity index (χ1n) is 9.17. The zero-order chi connectivity index (χ0) is 19.8. The zero-order valence-electron chi connectivity index (χ0n) is 16.1. The summed E-state index contributed by atoms with van der Waals surface area (Å²) < 4.78 is 5.39. The minimum absolute atomic E-state index is 0.103. The first kappa shape index (κ1) is 20.5. The highest BCUT2D eigenvalue weighted by Gasteiger charge is 2.19. The Kier molecular flexibility index (Phi) is 7.41. The number of aryl methyl sites for hydroxylation is 2. The van der Waals surface area contributed by atoms with Gasteiger partial charge in [0, 0.05) is 6.54 Å². The fraction of sp³-hybridized carbons (Fsp3) is 0.364. The number of rotatable bonds is 9. The third kappa shape index (κ3) is 6.13. The number of hydrogen-bond donors (Lipinski definition) is 2. The van der Waals surface area contributed by atoms with E-state index in [1.807, 2.05) is 63.2 Å². The minimum Gasteiger partial charge on any atom is -0.494 e. The van der Waals surface area contributed by atoms with Gasteiger partial charge in [-0.3, -0.25) is 9.59 Å². The van der Waals surface area contributed by atoms with E-state index in [0.717, 1.165) is 28.0 Å². The van der Waals surface area contributed by atoms with E-state index < -0.39 is 11.9 Å². The van der Waals surface area contributed by atoms with Crippen LogP contribution in [0.15, 0.2) is 42.5 Å². The van der Waals surface area contributed by atoms with Crippen LogP contribution in [-0.4, -0.2) is 30.1 Å². The first-order valence-corrected chi connectivity index (χ1v) is 9.17. The summed E-state index contributed by atoms with van der Waals surface area (Å²) >= 11 is 0. The standard InChI is InChI=1S/C22H27NO4/c1-4-27-19-10-8-17(9-11-19)12-18(22(25)26)14-23-21(24)13-20-15(2)6-5-7-16(20)3/h5-11,18H,4,12-14H2,1-3H3,(H,23,24)(H,25,26). The summed E-state index contributed by atoms with van der Waals surface area (Å²) in [6.07, 6.45) is 0.610. The van der Waals surface area contributed by atoms with Crippen LogP contribution in [0, 0.1) is 19.8 Å². The molecule has 0 aromatic heterocycles. The molecule has 0 saturated carbocycles. The number of nitrogens with one attached hydrogen (secondary N) is 1. The zero-order valence-corrected chi connectivity index (χ0v) is 16.1. The molecule has 0 radical (unpaired) electrons. The van der Waals surface area contributed by atoms with E-state index in [2.05, 4.69) is 5.32 Å². The first-order chi connectivity index (χ1) is 12.9. The molecule has 1 atom stereocenters. The van der Waals surface area contributed by atoms with Crippen LogP contribution in [0.1, 0.15) is 29.2 Å². The Bertz CT molecular complexity index is 763. The molecule has 0 aliphatic heterocycles. The second-order valence-corrected chi connectivity index (χ2v) is 6.67. The molecule has 0 aliphatic rings. The monoisotopic (exact) mass is 369 g/mol. The van der Waals surface area contributed by atoms with E-state index in [4.69, 9.17) is 4.74 Å². The van der Waals surface area contributed by atoms with Gasteiger partial charge in [-0.05, 0) is 61.6 Å². The van der Waals surface area contributed by atoms with Gasteiger partial charge >= 0.3 is 5.97 Å². The van der Waals surface area contributed by atoms with Gasteiger partial charge in [0.15, 0.2) is 0 Å². The second kappa shape index (κ2) is 9.76. The predicted molar refractivity (Wildman–Crippen MR) is 105 cm³/mol. The SMILES string of the molecule is CCOc1ccc(CC(CNC(=O)Cc2c(C)cccc2C)C(=O)O)cc1. The highest BCUT2D eigenvalue weighted by Crippen LogP contribution is 2.16. The quantitative estimate of drug-likeness (QED) is 0.711. The summed E-state index contributed by atoms with van der Waals surface area (Å²) in [7, 11) is 0. The van der Waals surface area contributed by atoms with Crippen molar-refractivity contribution in [3.05, 3.63) is 64.7 Å². The third-order valence-electron chi connectivity index (χ3n) is 4.59. The number of carboxylic acid groups (broad SMARTS) is 1. The molecule has 1 unspecified atom stereocenters. The van der Waals surface area contributed by atoms with Crippen molar-refractivity contribution in [2.45, 2.75) is 33.6 Å². The Balaban J connectivity index is 1.94. The lowest BCUT2D eigenvalue weighted by Gasteiger charge is -2.15. The van der Waals surface area contributed by atoms with Crippen molar-refractivity contribution in [3.8, 4) is 5.75 Å². The minimum atomic E-state index is -0.920. The van der Waals surface area contributed by atoms with E-state index in [-0.39, 0.29) is 18.9 Å². The summed E-state index contributed by atoms with van der Waals surface area (Å²) in [6.45, 7) is 6.55. The van der Waals surface area contributed by atoms with Crippen LogP contribution in [-0.2, 0) is 22.4 Å². The maximum absolute atomic E-state index is 12.3. The van der Waals surface area contributed by atoms with E-state index in [9.17, 15) is 14.7 Å². The summed E-state index contributed by atoms with van der Waals surface area (Å²) in [5.74, 6) is -0.999. The van der Waals surface area contributed by atoms with Crippen LogP contribution in [0.2, 0.25) is 0 Å². The van der Waals surface area contributed by atoms with Crippen molar-refractivity contribution in [2.24, 2.45) is 5.92 Å². The molecule has 1 amide bonds. The molecule has 0 spiro atoms. The number of ether oxygens (including phenoxy) is 1. The topological polar surface area (TPSA) is 75.6 Å². The van der Waals surface area contributed by atoms with Gasteiger partial charge < -0.3 is 15.2 Å². The van der Waals surface area contributed by atoms with Crippen molar-refractivity contribution in [3.63, 3.8) is 0 Å². The van der Waals surface area contributed by atoms with Gasteiger partial charge in [-0.2, -0.15) is 0 Å². The summed E-state index contributed by atoms with van der Waals surface area (Å²) in [5, 5.41) is 12.3. The summed E-state index contributed by atoms with van der Waals surface area (Å²) in [6, 6.07) is 13.3. The molecule has 144 valence electrons. The smallest absolute Gasteiger partial charge is 0.308 e. The lowest BCUT2D eigenvalue weighted by Crippen LogP contribution is -2.35. The van der Waals surface area contributed by atoms with Crippen molar-refractivity contribution in [1.82, 2.24) is 5.32 Å². The molecule has 0 saturated heterocycles. The number of amides is 1. The molecule has 2 rings (SSSR count). The number of benzene rings is 2. The molecular weight excluding hydrogens is 342 g/mol. The molecular formula is C22H27NO4. The van der Waals surface area contributed by atoms with E-state index in [1.54, 1.807) is 0 Å². The molecule has 0 aliphatic carbocycles. The largest absolute Gasteiger partial charge is 0.494 e. The summed E-state index contributed by atoms with van der Waals surface area (Å²) in [5.41, 5.74) is 4.02. The van der Waals surface area contributed by atoms with Gasteiger partial charge in [-0.25, -0.2) is 0 Å². The van der Waals surface area contributed by atoms with Crippen LogP contribution in [0.3, 0.4) is 0 Å². The second-order valence-electron chi connectivity index (χ2n) is 6.67. The van der Waals surface area contributed by atoms with Gasteiger partial charge in [0.2, 0.25) is 5.91 Å². The van der Waals surface area contributed by atoms with Gasteiger partial charge in [-0.1, -0.05) is 30.3 Å². The maximum atomic E-state index is 12.3. The van der Waals surface area contributed by atoms with Crippen LogP contribution in [0.5, 0.6) is 5.75 Å². The Morgan fingerprint density at radius 1 is 1.07 bits per heavy atom. The van der Waals surface area contributed by atoms with Crippen LogP contribution in [0.4, 0.5) is 0 Å². The molecule has 5 nitrogen and oxygen atoms in total. The van der Waals surface area contributed by atoms with Crippen LogP contribution < -0.4 is 10.1 Å². The van der Waals surface area contributed by atoms with E-state index in [1.165, 1.54) is 0 Å². The normalized spacial score (nSPS) is 11.7. The van der Waals surface area contributed by atoms with Gasteiger partial charge in [-0.15, -0.1) is 0 Å².